The van der Waals surface area contributed by atoms with Crippen LogP contribution in [0.3, 0.4) is 0 Å². The van der Waals surface area contributed by atoms with Crippen LogP contribution in [-0.4, -0.2) is 55.0 Å². The zero-order valence-corrected chi connectivity index (χ0v) is 15.4. The highest BCUT2D eigenvalue weighted by atomic mass is 16.5. The zero-order chi connectivity index (χ0) is 18.5. The number of ether oxygens (including phenoxy) is 1. The Kier molecular flexibility index (Phi) is 5.93. The average Bonchev–Trinajstić information content (AvgIpc) is 2.99. The molecular weight excluding hydrogens is 332 g/mol. The smallest absolute Gasteiger partial charge is 0.373 e. The summed E-state index contributed by atoms with van der Waals surface area (Å²) in [6.07, 6.45) is 8.06. The highest BCUT2D eigenvalue weighted by Gasteiger charge is 2.26. The second-order valence-corrected chi connectivity index (χ2v) is 6.80. The largest absolute Gasteiger partial charge is 0.463 e. The summed E-state index contributed by atoms with van der Waals surface area (Å²) in [5.74, 6) is 0.581. The molecule has 1 saturated heterocycles. The molecule has 6 nitrogen and oxygen atoms in total. The van der Waals surface area contributed by atoms with Gasteiger partial charge in [0, 0.05) is 26.2 Å². The van der Waals surface area contributed by atoms with E-state index in [1.807, 2.05) is 17.9 Å². The molecule has 1 aliphatic heterocycles. The molecule has 1 fully saturated rings. The van der Waals surface area contributed by atoms with Crippen LogP contribution in [0.15, 0.2) is 40.4 Å². The van der Waals surface area contributed by atoms with Crippen LogP contribution < -0.4 is 0 Å². The monoisotopic (exact) mass is 358 g/mol. The summed E-state index contributed by atoms with van der Waals surface area (Å²) in [4.78, 5) is 28.6. The molecule has 0 aromatic carbocycles. The molecule has 1 aliphatic carbocycles. The third-order valence-corrected chi connectivity index (χ3v) is 4.99. The van der Waals surface area contributed by atoms with E-state index in [0.717, 1.165) is 43.8 Å². The Bertz CT molecular complexity index is 719. The van der Waals surface area contributed by atoms with Gasteiger partial charge in [0.15, 0.2) is 0 Å². The van der Waals surface area contributed by atoms with Gasteiger partial charge in [0.2, 0.25) is 11.7 Å². The number of allylic oxidation sites excluding steroid dienone is 2. The van der Waals surface area contributed by atoms with E-state index in [9.17, 15) is 9.59 Å². The molecule has 0 spiro atoms. The van der Waals surface area contributed by atoms with E-state index in [1.54, 1.807) is 12.1 Å². The summed E-state index contributed by atoms with van der Waals surface area (Å²) in [5, 5.41) is 0. The first kappa shape index (κ1) is 18.5. The highest BCUT2D eigenvalue weighted by molar-refractivity contribution is 5.86. The first-order chi connectivity index (χ1) is 12.6. The number of nitrogens with zero attached hydrogens (tertiary/aromatic N) is 2. The molecule has 1 aromatic heterocycles. The minimum absolute atomic E-state index is 0.108. The van der Waals surface area contributed by atoms with Crippen LogP contribution in [0.5, 0.6) is 0 Å². The fraction of sp³-hybridized carbons (Fsp3) is 0.500. The molecule has 0 N–H and O–H groups in total. The van der Waals surface area contributed by atoms with E-state index in [0.29, 0.717) is 13.1 Å². The third-order valence-electron chi connectivity index (χ3n) is 4.99. The first-order valence-corrected chi connectivity index (χ1v) is 9.10. The quantitative estimate of drug-likeness (QED) is 0.612. The van der Waals surface area contributed by atoms with Crippen LogP contribution in [0.1, 0.15) is 36.1 Å². The molecule has 1 atom stereocenters. The normalized spacial score (nSPS) is 21.2. The second kappa shape index (κ2) is 8.36. The summed E-state index contributed by atoms with van der Waals surface area (Å²) in [6.45, 7) is 5.83. The lowest BCUT2D eigenvalue weighted by Gasteiger charge is -2.26. The minimum Gasteiger partial charge on any atom is -0.463 e. The summed E-state index contributed by atoms with van der Waals surface area (Å²) in [5.41, 5.74) is 1.14. The standard InChI is InChI=1S/C20H26N2O4/c1-15-6-3-4-7-17(15)19(23)22-11-5-10-21(12-13-22)14-16-8-9-18(26-16)20(24)25-2/h4,6-9,17H,3,5,10-14H2,1-2H3. The van der Waals surface area contributed by atoms with Crippen LogP contribution >= 0.6 is 0 Å². The van der Waals surface area contributed by atoms with E-state index in [1.165, 1.54) is 7.11 Å². The third kappa shape index (κ3) is 4.25. The van der Waals surface area contributed by atoms with Crippen molar-refractivity contribution in [3.05, 3.63) is 47.5 Å². The summed E-state index contributed by atoms with van der Waals surface area (Å²) in [6, 6.07) is 3.44. The van der Waals surface area contributed by atoms with Crippen molar-refractivity contribution in [2.75, 3.05) is 33.3 Å². The molecule has 0 bridgehead atoms. The second-order valence-electron chi connectivity index (χ2n) is 6.80. The Morgan fingerprint density at radius 3 is 2.85 bits per heavy atom. The molecule has 0 saturated carbocycles. The fourth-order valence-electron chi connectivity index (χ4n) is 3.46. The number of hydrogen-bond acceptors (Lipinski definition) is 5. The Morgan fingerprint density at radius 1 is 1.23 bits per heavy atom. The zero-order valence-electron chi connectivity index (χ0n) is 15.4. The summed E-state index contributed by atoms with van der Waals surface area (Å²) in [7, 11) is 1.34. The van der Waals surface area contributed by atoms with E-state index < -0.39 is 5.97 Å². The molecule has 1 unspecified atom stereocenters. The van der Waals surface area contributed by atoms with Gasteiger partial charge in [-0.2, -0.15) is 0 Å². The Morgan fingerprint density at radius 2 is 2.08 bits per heavy atom. The van der Waals surface area contributed by atoms with E-state index in [2.05, 4.69) is 21.8 Å². The lowest BCUT2D eigenvalue weighted by atomic mass is 9.93. The van der Waals surface area contributed by atoms with Crippen molar-refractivity contribution >= 4 is 11.9 Å². The fourth-order valence-corrected chi connectivity index (χ4v) is 3.46. The number of furan rings is 1. The molecule has 2 aliphatic rings. The molecule has 1 amide bonds. The van der Waals surface area contributed by atoms with Crippen LogP contribution in [-0.2, 0) is 16.1 Å². The minimum atomic E-state index is -0.465. The Labute approximate surface area is 154 Å². The predicted molar refractivity (Wildman–Crippen MR) is 97.5 cm³/mol. The van der Waals surface area contributed by atoms with Crippen LogP contribution in [0.25, 0.3) is 0 Å². The Balaban J connectivity index is 1.56. The van der Waals surface area contributed by atoms with Gasteiger partial charge in [0.1, 0.15) is 5.76 Å². The summed E-state index contributed by atoms with van der Waals surface area (Å²) < 4.78 is 10.2. The number of amides is 1. The maximum atomic E-state index is 12.8. The molecule has 26 heavy (non-hydrogen) atoms. The van der Waals surface area contributed by atoms with Gasteiger partial charge in [-0.15, -0.1) is 0 Å². The number of methoxy groups -OCH3 is 1. The van der Waals surface area contributed by atoms with Crippen molar-refractivity contribution in [1.29, 1.82) is 0 Å². The maximum Gasteiger partial charge on any atom is 0.373 e. The number of esters is 1. The van der Waals surface area contributed by atoms with E-state index >= 15 is 0 Å². The maximum absolute atomic E-state index is 12.8. The SMILES string of the molecule is COC(=O)c1ccc(CN2CCCN(C(=O)C3C=CCC=C3C)CC2)o1. The van der Waals surface area contributed by atoms with Crippen LogP contribution in [0, 0.1) is 5.92 Å². The van der Waals surface area contributed by atoms with Gasteiger partial charge in [0.25, 0.3) is 0 Å². The van der Waals surface area contributed by atoms with Crippen molar-refractivity contribution < 1.29 is 18.7 Å². The number of hydrogen-bond donors (Lipinski definition) is 0. The molecule has 0 radical (unpaired) electrons. The lowest BCUT2D eigenvalue weighted by Crippen LogP contribution is -2.39. The van der Waals surface area contributed by atoms with Crippen LogP contribution in [0.4, 0.5) is 0 Å². The highest BCUT2D eigenvalue weighted by Crippen LogP contribution is 2.22. The van der Waals surface area contributed by atoms with Gasteiger partial charge in [-0.25, -0.2) is 4.79 Å². The Hall–Kier alpha value is -2.34. The van der Waals surface area contributed by atoms with Gasteiger partial charge in [-0.3, -0.25) is 9.69 Å². The number of carbonyl (C=O) groups excluding carboxylic acids is 2. The van der Waals surface area contributed by atoms with Crippen molar-refractivity contribution in [2.45, 2.75) is 26.3 Å². The lowest BCUT2D eigenvalue weighted by molar-refractivity contribution is -0.132. The van der Waals surface area contributed by atoms with Crippen molar-refractivity contribution in [2.24, 2.45) is 5.92 Å². The number of rotatable bonds is 4. The van der Waals surface area contributed by atoms with Crippen molar-refractivity contribution in [1.82, 2.24) is 9.80 Å². The van der Waals surface area contributed by atoms with E-state index in [-0.39, 0.29) is 17.6 Å². The molecule has 2 heterocycles. The van der Waals surface area contributed by atoms with Gasteiger partial charge >= 0.3 is 5.97 Å². The average molecular weight is 358 g/mol. The van der Waals surface area contributed by atoms with Gasteiger partial charge in [-0.05, 0) is 31.9 Å². The topological polar surface area (TPSA) is 63.0 Å². The van der Waals surface area contributed by atoms with E-state index in [4.69, 9.17) is 4.42 Å². The molecule has 6 heteroatoms. The molecule has 1 aromatic rings. The van der Waals surface area contributed by atoms with Crippen LogP contribution in [0.2, 0.25) is 0 Å². The van der Waals surface area contributed by atoms with Gasteiger partial charge in [0.05, 0.1) is 19.6 Å². The van der Waals surface area contributed by atoms with Gasteiger partial charge < -0.3 is 14.1 Å². The molecular formula is C20H26N2O4. The molecule has 140 valence electrons. The number of carbonyl (C=O) groups is 2. The predicted octanol–water partition coefficient (Wildman–Crippen LogP) is 2.62. The van der Waals surface area contributed by atoms with Crippen molar-refractivity contribution in [3.63, 3.8) is 0 Å². The van der Waals surface area contributed by atoms with Crippen molar-refractivity contribution in [3.8, 4) is 0 Å². The summed E-state index contributed by atoms with van der Waals surface area (Å²) >= 11 is 0. The first-order valence-electron chi connectivity index (χ1n) is 9.10. The van der Waals surface area contributed by atoms with Gasteiger partial charge in [-0.1, -0.05) is 23.8 Å². The molecule has 3 rings (SSSR count).